The normalized spacial score (nSPS) is 44.3. The van der Waals surface area contributed by atoms with Crippen LogP contribution in [-0.2, 0) is 0 Å². The van der Waals surface area contributed by atoms with Gasteiger partial charge < -0.3 is 0 Å². The first kappa shape index (κ1) is 3.62. The molecule has 0 unspecified atom stereocenters. The second-order valence-corrected chi connectivity index (χ2v) is 2.92. The van der Waals surface area contributed by atoms with E-state index in [1.54, 1.807) is 0 Å². The van der Waals surface area contributed by atoms with Crippen molar-refractivity contribution < 1.29 is 13.1 Å². The summed E-state index contributed by atoms with van der Waals surface area (Å²) in [5.41, 5.74) is -2.35. The molecule has 0 aromatic rings. The minimum absolute atomic E-state index is 0.0974. The first-order valence-corrected chi connectivity index (χ1v) is 3.90. The topological polar surface area (TPSA) is 46.4 Å². The van der Waals surface area contributed by atoms with E-state index in [0.717, 1.165) is 0 Å². The number of rotatable bonds is 2. The Morgan fingerprint density at radius 2 is 2.17 bits per heavy atom. The van der Waals surface area contributed by atoms with Gasteiger partial charge in [0.1, 0.15) is 2.74 Å². The summed E-state index contributed by atoms with van der Waals surface area (Å²) in [7, 11) is 0. The van der Waals surface area contributed by atoms with Gasteiger partial charge in [0.05, 0.1) is 5.54 Å². The Hall–Kier alpha value is -0.640. The smallest absolute Gasteiger partial charge is 0.222 e. The maximum Gasteiger partial charge on any atom is 0.222 e. The molecule has 0 radical (unpaired) electrons. The Kier molecular flexibility index (Phi) is 0.812. The molecule has 0 bridgehead atoms. The monoisotopic (exact) mass is 176 g/mol. The fourth-order valence-electron chi connectivity index (χ4n) is 1.76. The highest BCUT2D eigenvalue weighted by atomic mass is 16.6. The molecular weight excluding hydrogens is 156 g/mol. The fraction of sp³-hybridized carbons (Fsp3) is 1.00. The maximum atomic E-state index is 11.0. The van der Waals surface area contributed by atoms with E-state index in [-0.39, 0.29) is 25.9 Å². The Labute approximate surface area is 80.1 Å². The van der Waals surface area contributed by atoms with Gasteiger partial charge in [-0.2, -0.15) is 0 Å². The zero-order chi connectivity index (χ0) is 14.0. The van der Waals surface area contributed by atoms with Gasteiger partial charge in [-0.3, -0.25) is 15.0 Å². The number of nitro groups is 1. The summed E-state index contributed by atoms with van der Waals surface area (Å²) in [4.78, 5) is 11.1. The zero-order valence-electron chi connectivity index (χ0n) is 12.5. The first-order chi connectivity index (χ1) is 8.01. The lowest BCUT2D eigenvalue weighted by molar-refractivity contribution is -0.493. The molecular formula is C8H14N2O2. The summed E-state index contributed by atoms with van der Waals surface area (Å²) >= 11 is 0. The van der Waals surface area contributed by atoms with Gasteiger partial charge >= 0.3 is 0 Å². The summed E-state index contributed by atoms with van der Waals surface area (Å²) in [6, 6.07) is 0. The molecule has 68 valence electrons. The van der Waals surface area contributed by atoms with Gasteiger partial charge in [-0.25, -0.2) is 0 Å². The maximum absolute atomic E-state index is 11.0. The summed E-state index contributed by atoms with van der Waals surface area (Å²) in [5.74, 6) is 0. The third-order valence-corrected chi connectivity index (χ3v) is 2.25. The van der Waals surface area contributed by atoms with Crippen molar-refractivity contribution in [3.63, 3.8) is 0 Å². The SMILES string of the molecule is [2H]C1([2H])CCN2CCC([2H])([2H])C21C([2H])([2H])[N+](=O)[O-]. The Morgan fingerprint density at radius 1 is 1.58 bits per heavy atom. The van der Waals surface area contributed by atoms with E-state index in [1.165, 1.54) is 4.90 Å². The molecule has 0 spiro atoms. The van der Waals surface area contributed by atoms with Crippen LogP contribution in [0.4, 0.5) is 0 Å². The molecule has 0 saturated carbocycles. The third-order valence-electron chi connectivity index (χ3n) is 2.25. The lowest BCUT2D eigenvalue weighted by Crippen LogP contribution is -2.44. The minimum Gasteiger partial charge on any atom is -0.292 e. The quantitative estimate of drug-likeness (QED) is 0.463. The van der Waals surface area contributed by atoms with Crippen LogP contribution in [-0.4, -0.2) is 34.9 Å². The van der Waals surface area contributed by atoms with Crippen molar-refractivity contribution in [2.45, 2.75) is 31.1 Å². The lowest BCUT2D eigenvalue weighted by Gasteiger charge is -2.27. The molecule has 2 fully saturated rings. The Morgan fingerprint density at radius 3 is 2.67 bits per heavy atom. The highest BCUT2D eigenvalue weighted by Crippen LogP contribution is 2.38. The van der Waals surface area contributed by atoms with Crippen LogP contribution in [0.15, 0.2) is 0 Å². The van der Waals surface area contributed by atoms with E-state index in [0.29, 0.717) is 0 Å². The number of fused-ring (bicyclic) bond motifs is 1. The van der Waals surface area contributed by atoms with Crippen molar-refractivity contribution in [3.05, 3.63) is 10.1 Å². The molecule has 2 rings (SSSR count). The van der Waals surface area contributed by atoms with Crippen LogP contribution in [0.2, 0.25) is 0 Å². The van der Waals surface area contributed by atoms with Crippen LogP contribution >= 0.6 is 0 Å². The zero-order valence-corrected chi connectivity index (χ0v) is 6.54. The Balaban J connectivity index is 2.69. The van der Waals surface area contributed by atoms with Crippen LogP contribution < -0.4 is 0 Å². The van der Waals surface area contributed by atoms with Crippen LogP contribution in [0.1, 0.15) is 33.8 Å². The molecule has 2 heterocycles. The summed E-state index contributed by atoms with van der Waals surface area (Å²) in [6.45, 7) is -2.90. The van der Waals surface area contributed by atoms with Crippen LogP contribution in [0.3, 0.4) is 0 Å². The van der Waals surface area contributed by atoms with Gasteiger partial charge in [-0.15, -0.1) is 0 Å². The van der Waals surface area contributed by atoms with E-state index < -0.39 is 29.7 Å². The molecule has 0 aromatic heterocycles. The van der Waals surface area contributed by atoms with E-state index >= 15 is 0 Å². The molecule has 0 N–H and O–H groups in total. The van der Waals surface area contributed by atoms with Crippen molar-refractivity contribution in [1.82, 2.24) is 4.90 Å². The summed E-state index contributed by atoms with van der Waals surface area (Å²) in [6.07, 6.45) is -4.74. The van der Waals surface area contributed by atoms with Crippen molar-refractivity contribution in [2.24, 2.45) is 0 Å². The predicted molar refractivity (Wildman–Crippen MR) is 44.6 cm³/mol. The third kappa shape index (κ3) is 1.10. The number of hydrogen-bond acceptors (Lipinski definition) is 3. The minimum atomic E-state index is -3.17. The highest BCUT2D eigenvalue weighted by Gasteiger charge is 2.47. The van der Waals surface area contributed by atoms with E-state index in [2.05, 4.69) is 0 Å². The van der Waals surface area contributed by atoms with Gasteiger partial charge in [-0.05, 0) is 38.7 Å². The second kappa shape index (κ2) is 2.69. The van der Waals surface area contributed by atoms with Crippen molar-refractivity contribution >= 4 is 0 Å². The van der Waals surface area contributed by atoms with Gasteiger partial charge in [-0.1, -0.05) is 0 Å². The van der Waals surface area contributed by atoms with Gasteiger partial charge in [0.2, 0.25) is 6.50 Å². The molecule has 2 aliphatic heterocycles. The molecule has 0 amide bonds. The Bertz CT molecular complexity index is 379. The number of hydrogen-bond donors (Lipinski definition) is 0. The van der Waals surface area contributed by atoms with Crippen molar-refractivity contribution in [1.29, 1.82) is 0 Å². The first-order valence-electron chi connectivity index (χ1n) is 6.90. The number of nitrogens with zero attached hydrogens (tertiary/aromatic N) is 2. The van der Waals surface area contributed by atoms with Crippen LogP contribution in [0.5, 0.6) is 0 Å². The molecule has 0 atom stereocenters. The van der Waals surface area contributed by atoms with Gasteiger partial charge in [0.25, 0.3) is 0 Å². The average Bonchev–Trinajstić information content (AvgIpc) is 2.63. The fourth-order valence-corrected chi connectivity index (χ4v) is 1.76. The molecule has 2 aliphatic rings. The van der Waals surface area contributed by atoms with E-state index in [9.17, 15) is 10.1 Å². The molecule has 0 aliphatic carbocycles. The van der Waals surface area contributed by atoms with Crippen molar-refractivity contribution in [3.8, 4) is 0 Å². The van der Waals surface area contributed by atoms with Crippen LogP contribution in [0, 0.1) is 10.1 Å². The van der Waals surface area contributed by atoms with Crippen molar-refractivity contribution in [2.75, 3.05) is 19.6 Å². The molecule has 4 heteroatoms. The molecule has 12 heavy (non-hydrogen) atoms. The second-order valence-electron chi connectivity index (χ2n) is 2.92. The standard InChI is InChI=1S/C8H14N2O2/c11-10(12)7-8-3-1-5-9(8)6-2-4-8/h1-7H2/i3D2,4D2,7D2. The van der Waals surface area contributed by atoms with Gasteiger partial charge in [0.15, 0.2) is 0 Å². The van der Waals surface area contributed by atoms with E-state index in [1.807, 2.05) is 0 Å². The van der Waals surface area contributed by atoms with Gasteiger partial charge in [0, 0.05) is 10.4 Å². The largest absolute Gasteiger partial charge is 0.292 e. The molecule has 0 aromatic carbocycles. The predicted octanol–water partition coefficient (Wildman–Crippen LogP) is 0.891. The summed E-state index contributed by atoms with van der Waals surface area (Å²) < 4.78 is 46.9. The molecule has 2 saturated heterocycles. The average molecular weight is 176 g/mol. The lowest BCUT2D eigenvalue weighted by atomic mass is 9.94. The van der Waals surface area contributed by atoms with Crippen LogP contribution in [0.25, 0.3) is 0 Å². The highest BCUT2D eigenvalue weighted by molar-refractivity contribution is 4.99. The van der Waals surface area contributed by atoms with E-state index in [4.69, 9.17) is 8.22 Å². The summed E-state index contributed by atoms with van der Waals surface area (Å²) in [5, 5.41) is 11.0. The molecule has 4 nitrogen and oxygen atoms in total.